The van der Waals surface area contributed by atoms with Crippen LogP contribution in [0.3, 0.4) is 0 Å². The van der Waals surface area contributed by atoms with E-state index in [1.165, 1.54) is 6.92 Å². The first-order valence-corrected chi connectivity index (χ1v) is 10.6. The van der Waals surface area contributed by atoms with Crippen molar-refractivity contribution in [1.82, 2.24) is 0 Å². The maximum atomic E-state index is 13.0. The molecule has 1 aliphatic heterocycles. The van der Waals surface area contributed by atoms with E-state index in [4.69, 9.17) is 9.47 Å². The first-order valence-electron chi connectivity index (χ1n) is 10.6. The average molecular weight is 422 g/mol. The van der Waals surface area contributed by atoms with Crippen molar-refractivity contribution in [1.29, 1.82) is 0 Å². The monoisotopic (exact) mass is 422 g/mol. The van der Waals surface area contributed by atoms with E-state index < -0.39 is 76.1 Å². The van der Waals surface area contributed by atoms with Crippen molar-refractivity contribution in [2.24, 2.45) is 29.1 Å². The summed E-state index contributed by atoms with van der Waals surface area (Å²) in [7, 11) is 0. The molecule has 30 heavy (non-hydrogen) atoms. The van der Waals surface area contributed by atoms with Crippen molar-refractivity contribution in [3.63, 3.8) is 0 Å². The summed E-state index contributed by atoms with van der Waals surface area (Å²) in [6, 6.07) is 0. The minimum atomic E-state index is -2.29. The van der Waals surface area contributed by atoms with Crippen LogP contribution in [-0.2, 0) is 19.1 Å². The van der Waals surface area contributed by atoms with Crippen LogP contribution in [0, 0.1) is 29.1 Å². The van der Waals surface area contributed by atoms with Crippen LogP contribution in [0.2, 0.25) is 0 Å². The van der Waals surface area contributed by atoms with Gasteiger partial charge >= 0.3 is 5.97 Å². The molecule has 0 aromatic rings. The topological polar surface area (TPSA) is 137 Å². The van der Waals surface area contributed by atoms with E-state index in [0.717, 1.165) is 0 Å². The molecule has 166 valence electrons. The summed E-state index contributed by atoms with van der Waals surface area (Å²) in [5, 5.41) is 45.1. The summed E-state index contributed by atoms with van der Waals surface area (Å²) in [6.07, 6.45) is -0.556. The van der Waals surface area contributed by atoms with Crippen molar-refractivity contribution < 1.29 is 39.5 Å². The lowest BCUT2D eigenvalue weighted by Gasteiger charge is -2.51. The molecule has 0 unspecified atom stereocenters. The molecule has 1 saturated heterocycles. The maximum absolute atomic E-state index is 13.0. The number of ketones is 1. The Morgan fingerprint density at radius 2 is 1.97 bits per heavy atom. The van der Waals surface area contributed by atoms with Gasteiger partial charge in [0.15, 0.2) is 11.4 Å². The molecule has 0 aromatic heterocycles. The SMILES string of the molecule is CC(=O)O[C@@]12C[C@@H](C)[C@@]3(O)[C@H]([C@@H]1C2(C)C)[C@@H]1O[C@]1(CO)[C@@H](O)[C@]1(O)C(=O)C(C)=C[C@H]13. The summed E-state index contributed by atoms with van der Waals surface area (Å²) >= 11 is 0. The van der Waals surface area contributed by atoms with Gasteiger partial charge in [0.25, 0.3) is 0 Å². The van der Waals surface area contributed by atoms with E-state index in [9.17, 15) is 30.0 Å². The van der Waals surface area contributed by atoms with Crippen LogP contribution in [0.1, 0.15) is 41.0 Å². The highest BCUT2D eigenvalue weighted by Crippen LogP contribution is 2.79. The van der Waals surface area contributed by atoms with Gasteiger partial charge in [-0.15, -0.1) is 0 Å². The Hall–Kier alpha value is -1.32. The van der Waals surface area contributed by atoms with Crippen molar-refractivity contribution in [3.8, 4) is 0 Å². The summed E-state index contributed by atoms with van der Waals surface area (Å²) in [6.45, 7) is 8.06. The van der Waals surface area contributed by atoms with E-state index in [1.54, 1.807) is 13.0 Å². The molecule has 4 fully saturated rings. The highest BCUT2D eigenvalue weighted by atomic mass is 16.6. The second-order valence-electron chi connectivity index (χ2n) is 10.7. The highest BCUT2D eigenvalue weighted by molar-refractivity contribution is 6.05. The standard InChI is InChI=1S/C22H30O8/c1-9-6-12-21(27)10(2)7-20(29-11(3)24)14(18(20,4)5)13(21)16-19(8-23,30-16)17(26)22(12,28)15(9)25/h6,10,12-14,16-17,23,26-28H,7-8H2,1-5H3/t10-,12+,13-,14-,16+,17-,19+,20+,21+,22-/m1/s1. The summed E-state index contributed by atoms with van der Waals surface area (Å²) in [5.41, 5.74) is -6.46. The van der Waals surface area contributed by atoms with Crippen molar-refractivity contribution in [2.75, 3.05) is 6.61 Å². The quantitative estimate of drug-likeness (QED) is 0.352. The Balaban J connectivity index is 1.73. The van der Waals surface area contributed by atoms with Gasteiger partial charge in [-0.2, -0.15) is 0 Å². The largest absolute Gasteiger partial charge is 0.458 e. The van der Waals surface area contributed by atoms with E-state index in [2.05, 4.69) is 0 Å². The number of ether oxygens (including phenoxy) is 2. The molecule has 5 aliphatic rings. The highest BCUT2D eigenvalue weighted by Gasteiger charge is 2.90. The molecular formula is C22H30O8. The summed E-state index contributed by atoms with van der Waals surface area (Å²) < 4.78 is 11.7. The number of rotatable bonds is 2. The first-order chi connectivity index (χ1) is 13.8. The Labute approximate surface area is 174 Å². The fourth-order valence-corrected chi connectivity index (χ4v) is 7.70. The van der Waals surface area contributed by atoms with Crippen LogP contribution in [0.4, 0.5) is 0 Å². The third kappa shape index (κ3) is 1.84. The molecule has 1 heterocycles. The fourth-order valence-electron chi connectivity index (χ4n) is 7.70. The molecule has 5 rings (SSSR count). The Bertz CT molecular complexity index is 896. The number of carbonyl (C=O) groups excluding carboxylic acids is 2. The zero-order chi connectivity index (χ0) is 22.2. The number of aliphatic hydroxyl groups is 4. The predicted octanol–water partition coefficient (Wildman–Crippen LogP) is -0.288. The number of carbonyl (C=O) groups is 2. The minimum absolute atomic E-state index is 0.264. The predicted molar refractivity (Wildman–Crippen MR) is 102 cm³/mol. The lowest BCUT2D eigenvalue weighted by atomic mass is 9.59. The zero-order valence-electron chi connectivity index (χ0n) is 17.9. The van der Waals surface area contributed by atoms with Gasteiger partial charge in [0.2, 0.25) is 0 Å². The second kappa shape index (κ2) is 5.35. The molecule has 8 heteroatoms. The molecule has 0 spiro atoms. The number of fused-ring (bicyclic) bond motifs is 7. The van der Waals surface area contributed by atoms with Gasteiger partial charge in [-0.1, -0.05) is 26.8 Å². The van der Waals surface area contributed by atoms with Crippen LogP contribution < -0.4 is 0 Å². The number of epoxide rings is 1. The average Bonchev–Trinajstić information content (AvgIpc) is 3.47. The van der Waals surface area contributed by atoms with E-state index in [1.807, 2.05) is 20.8 Å². The molecule has 8 nitrogen and oxygen atoms in total. The van der Waals surface area contributed by atoms with Gasteiger partial charge in [-0.25, -0.2) is 0 Å². The number of aliphatic hydroxyl groups excluding tert-OH is 2. The van der Waals surface area contributed by atoms with Crippen molar-refractivity contribution in [2.45, 2.75) is 75.7 Å². The number of hydrogen-bond donors (Lipinski definition) is 4. The molecule has 4 N–H and O–H groups in total. The number of hydrogen-bond acceptors (Lipinski definition) is 8. The Morgan fingerprint density at radius 3 is 2.53 bits per heavy atom. The lowest BCUT2D eigenvalue weighted by Crippen LogP contribution is -2.65. The summed E-state index contributed by atoms with van der Waals surface area (Å²) in [5.74, 6) is -3.56. The van der Waals surface area contributed by atoms with Gasteiger partial charge in [0, 0.05) is 30.1 Å². The van der Waals surface area contributed by atoms with Crippen LogP contribution in [0.15, 0.2) is 11.6 Å². The zero-order valence-corrected chi connectivity index (χ0v) is 17.9. The molecule has 0 aromatic carbocycles. The van der Waals surface area contributed by atoms with Gasteiger partial charge < -0.3 is 29.9 Å². The molecular weight excluding hydrogens is 392 g/mol. The van der Waals surface area contributed by atoms with E-state index in [-0.39, 0.29) is 11.5 Å². The fraction of sp³-hybridized carbons (Fsp3) is 0.818. The molecule has 0 amide bonds. The molecule has 0 radical (unpaired) electrons. The number of esters is 1. The van der Waals surface area contributed by atoms with Gasteiger partial charge in [-0.05, 0) is 24.8 Å². The van der Waals surface area contributed by atoms with Crippen molar-refractivity contribution >= 4 is 11.8 Å². The number of Topliss-reactive ketones (excluding diaryl/α,β-unsaturated/α-hetero) is 1. The lowest BCUT2D eigenvalue weighted by molar-refractivity contribution is -0.214. The molecule has 3 saturated carbocycles. The third-order valence-corrected chi connectivity index (χ3v) is 9.24. The third-order valence-electron chi connectivity index (χ3n) is 9.24. The first kappa shape index (κ1) is 20.6. The van der Waals surface area contributed by atoms with E-state index in [0.29, 0.717) is 6.42 Å². The van der Waals surface area contributed by atoms with Gasteiger partial charge in [0.05, 0.1) is 18.3 Å². The van der Waals surface area contributed by atoms with Gasteiger partial charge in [-0.3, -0.25) is 9.59 Å². The molecule has 10 atom stereocenters. The molecule has 4 aliphatic carbocycles. The molecule has 0 bridgehead atoms. The van der Waals surface area contributed by atoms with Crippen LogP contribution in [0.25, 0.3) is 0 Å². The minimum Gasteiger partial charge on any atom is -0.458 e. The normalized spacial score (nSPS) is 57.2. The van der Waals surface area contributed by atoms with Crippen LogP contribution in [0.5, 0.6) is 0 Å². The van der Waals surface area contributed by atoms with Crippen LogP contribution >= 0.6 is 0 Å². The maximum Gasteiger partial charge on any atom is 0.303 e. The van der Waals surface area contributed by atoms with E-state index >= 15 is 0 Å². The van der Waals surface area contributed by atoms with Crippen molar-refractivity contribution in [3.05, 3.63) is 11.6 Å². The van der Waals surface area contributed by atoms with Gasteiger partial charge in [0.1, 0.15) is 17.3 Å². The smallest absolute Gasteiger partial charge is 0.303 e. The Morgan fingerprint density at radius 1 is 1.33 bits per heavy atom. The van der Waals surface area contributed by atoms with Crippen LogP contribution in [-0.4, -0.2) is 73.4 Å². The Kier molecular flexibility index (Phi) is 3.67. The summed E-state index contributed by atoms with van der Waals surface area (Å²) in [4.78, 5) is 24.9. The second-order valence-corrected chi connectivity index (χ2v) is 10.7.